The largest absolute Gasteiger partial charge is 0.481 e. The SMILES string of the molecule is O=C(O)[C@H]1CC[C@](O)(c2nccs2)CC1. The van der Waals surface area contributed by atoms with Crippen molar-refractivity contribution in [2.24, 2.45) is 5.92 Å². The van der Waals surface area contributed by atoms with Gasteiger partial charge in [0.05, 0.1) is 5.92 Å². The highest BCUT2D eigenvalue weighted by Gasteiger charge is 2.38. The van der Waals surface area contributed by atoms with Gasteiger partial charge in [-0.15, -0.1) is 11.3 Å². The summed E-state index contributed by atoms with van der Waals surface area (Å²) in [4.78, 5) is 14.9. The number of hydrogen-bond donors (Lipinski definition) is 2. The van der Waals surface area contributed by atoms with Crippen molar-refractivity contribution in [2.75, 3.05) is 0 Å². The van der Waals surface area contributed by atoms with E-state index in [0.717, 1.165) is 0 Å². The molecule has 4 nitrogen and oxygen atoms in total. The predicted molar refractivity (Wildman–Crippen MR) is 55.6 cm³/mol. The van der Waals surface area contributed by atoms with Crippen LogP contribution in [0.4, 0.5) is 0 Å². The van der Waals surface area contributed by atoms with E-state index in [-0.39, 0.29) is 5.92 Å². The van der Waals surface area contributed by atoms with Crippen LogP contribution in [0.3, 0.4) is 0 Å². The minimum atomic E-state index is -0.889. The van der Waals surface area contributed by atoms with Gasteiger partial charge < -0.3 is 10.2 Å². The average Bonchev–Trinajstić information content (AvgIpc) is 2.71. The van der Waals surface area contributed by atoms with E-state index in [4.69, 9.17) is 5.11 Å². The number of carbonyl (C=O) groups is 1. The number of rotatable bonds is 2. The molecule has 2 N–H and O–H groups in total. The Morgan fingerprint density at radius 3 is 2.67 bits per heavy atom. The Bertz CT molecular complexity index is 342. The van der Waals surface area contributed by atoms with Crippen LogP contribution in [0, 0.1) is 5.92 Å². The molecule has 0 unspecified atom stereocenters. The van der Waals surface area contributed by atoms with Gasteiger partial charge in [-0.05, 0) is 25.7 Å². The second kappa shape index (κ2) is 3.90. The molecular formula is C10H13NO3S. The zero-order valence-corrected chi connectivity index (χ0v) is 9.04. The lowest BCUT2D eigenvalue weighted by Crippen LogP contribution is -2.33. The first-order chi connectivity index (χ1) is 7.12. The van der Waals surface area contributed by atoms with E-state index in [1.54, 1.807) is 6.20 Å². The Morgan fingerprint density at radius 2 is 2.20 bits per heavy atom. The summed E-state index contributed by atoms with van der Waals surface area (Å²) in [6, 6.07) is 0. The Kier molecular flexibility index (Phi) is 2.75. The number of thiazole rings is 1. The summed E-state index contributed by atoms with van der Waals surface area (Å²) >= 11 is 1.43. The van der Waals surface area contributed by atoms with Gasteiger partial charge in [0.1, 0.15) is 10.6 Å². The fraction of sp³-hybridized carbons (Fsp3) is 0.600. The molecule has 82 valence electrons. The van der Waals surface area contributed by atoms with Gasteiger partial charge in [-0.25, -0.2) is 4.98 Å². The molecule has 1 aliphatic rings. The van der Waals surface area contributed by atoms with Crippen LogP contribution in [0.25, 0.3) is 0 Å². The number of carboxylic acid groups (broad SMARTS) is 1. The van der Waals surface area contributed by atoms with Crippen molar-refractivity contribution in [3.63, 3.8) is 0 Å². The van der Waals surface area contributed by atoms with Crippen molar-refractivity contribution in [1.82, 2.24) is 4.98 Å². The van der Waals surface area contributed by atoms with Crippen LogP contribution < -0.4 is 0 Å². The van der Waals surface area contributed by atoms with Crippen molar-refractivity contribution < 1.29 is 15.0 Å². The number of carboxylic acids is 1. The maximum absolute atomic E-state index is 10.8. The Labute approximate surface area is 91.6 Å². The molecular weight excluding hydrogens is 214 g/mol. The van der Waals surface area contributed by atoms with Gasteiger partial charge in [-0.1, -0.05) is 0 Å². The standard InChI is InChI=1S/C10H13NO3S/c12-8(13)7-1-3-10(14,4-2-7)9-11-5-6-15-9/h5-7,14H,1-4H2,(H,12,13)/t7-,10+. The molecule has 0 radical (unpaired) electrons. The van der Waals surface area contributed by atoms with E-state index in [2.05, 4.69) is 4.98 Å². The van der Waals surface area contributed by atoms with E-state index in [0.29, 0.717) is 30.7 Å². The maximum Gasteiger partial charge on any atom is 0.306 e. The third kappa shape index (κ3) is 2.03. The maximum atomic E-state index is 10.8. The fourth-order valence-electron chi connectivity index (χ4n) is 2.01. The summed E-state index contributed by atoms with van der Waals surface area (Å²) in [5.74, 6) is -1.05. The molecule has 0 bridgehead atoms. The molecule has 0 amide bonds. The summed E-state index contributed by atoms with van der Waals surface area (Å²) in [6.07, 6.45) is 3.73. The van der Waals surface area contributed by atoms with E-state index >= 15 is 0 Å². The monoisotopic (exact) mass is 227 g/mol. The molecule has 0 atom stereocenters. The van der Waals surface area contributed by atoms with Crippen LogP contribution >= 0.6 is 11.3 Å². The molecule has 0 aromatic carbocycles. The predicted octanol–water partition coefficient (Wildman–Crippen LogP) is 1.61. The molecule has 1 saturated carbocycles. The Balaban J connectivity index is 2.06. The smallest absolute Gasteiger partial charge is 0.306 e. The molecule has 0 spiro atoms. The number of aromatic nitrogens is 1. The van der Waals surface area contributed by atoms with Crippen LogP contribution in [0.2, 0.25) is 0 Å². The fourth-order valence-corrected chi connectivity index (χ4v) is 2.81. The van der Waals surface area contributed by atoms with Gasteiger partial charge in [-0.3, -0.25) is 4.79 Å². The van der Waals surface area contributed by atoms with Crippen molar-refractivity contribution >= 4 is 17.3 Å². The summed E-state index contributed by atoms with van der Waals surface area (Å²) in [7, 11) is 0. The highest BCUT2D eigenvalue weighted by molar-refractivity contribution is 7.09. The van der Waals surface area contributed by atoms with Crippen molar-refractivity contribution in [1.29, 1.82) is 0 Å². The lowest BCUT2D eigenvalue weighted by atomic mass is 9.79. The third-order valence-corrected chi connectivity index (χ3v) is 3.96. The van der Waals surface area contributed by atoms with E-state index in [1.165, 1.54) is 11.3 Å². The second-order valence-corrected chi connectivity index (χ2v) is 4.88. The molecule has 1 aromatic heterocycles. The number of aliphatic hydroxyl groups is 1. The van der Waals surface area contributed by atoms with Crippen molar-refractivity contribution in [2.45, 2.75) is 31.3 Å². The number of nitrogens with zero attached hydrogens (tertiary/aromatic N) is 1. The summed E-state index contributed by atoms with van der Waals surface area (Å²) in [6.45, 7) is 0. The van der Waals surface area contributed by atoms with Gasteiger partial charge in [0.25, 0.3) is 0 Å². The summed E-state index contributed by atoms with van der Waals surface area (Å²) in [5.41, 5.74) is -0.889. The third-order valence-electron chi connectivity index (χ3n) is 2.99. The zero-order valence-electron chi connectivity index (χ0n) is 8.22. The van der Waals surface area contributed by atoms with Gasteiger partial charge in [-0.2, -0.15) is 0 Å². The highest BCUT2D eigenvalue weighted by atomic mass is 32.1. The van der Waals surface area contributed by atoms with Gasteiger partial charge >= 0.3 is 5.97 Å². The quantitative estimate of drug-likeness (QED) is 0.805. The number of aliphatic carboxylic acids is 1. The Morgan fingerprint density at radius 1 is 1.53 bits per heavy atom. The highest BCUT2D eigenvalue weighted by Crippen LogP contribution is 2.40. The molecule has 15 heavy (non-hydrogen) atoms. The van der Waals surface area contributed by atoms with Gasteiger partial charge in [0.2, 0.25) is 0 Å². The average molecular weight is 227 g/mol. The number of hydrogen-bond acceptors (Lipinski definition) is 4. The van der Waals surface area contributed by atoms with E-state index < -0.39 is 11.6 Å². The minimum absolute atomic E-state index is 0.301. The first kappa shape index (κ1) is 10.6. The van der Waals surface area contributed by atoms with Gasteiger partial charge in [0, 0.05) is 11.6 Å². The van der Waals surface area contributed by atoms with Crippen LogP contribution in [-0.4, -0.2) is 21.2 Å². The molecule has 2 rings (SSSR count). The van der Waals surface area contributed by atoms with E-state index in [9.17, 15) is 9.90 Å². The van der Waals surface area contributed by atoms with Crippen LogP contribution in [-0.2, 0) is 10.4 Å². The molecule has 1 aliphatic carbocycles. The van der Waals surface area contributed by atoms with Crippen molar-refractivity contribution in [3.8, 4) is 0 Å². The van der Waals surface area contributed by atoms with Crippen LogP contribution in [0.15, 0.2) is 11.6 Å². The van der Waals surface area contributed by atoms with E-state index in [1.807, 2.05) is 5.38 Å². The molecule has 0 saturated heterocycles. The first-order valence-electron chi connectivity index (χ1n) is 4.97. The van der Waals surface area contributed by atoms with Crippen LogP contribution in [0.1, 0.15) is 30.7 Å². The first-order valence-corrected chi connectivity index (χ1v) is 5.85. The summed E-state index contributed by atoms with van der Waals surface area (Å²) < 4.78 is 0. The van der Waals surface area contributed by atoms with Crippen LogP contribution in [0.5, 0.6) is 0 Å². The lowest BCUT2D eigenvalue weighted by molar-refractivity contribution is -0.145. The summed E-state index contributed by atoms with van der Waals surface area (Å²) in [5, 5.41) is 21.7. The second-order valence-electron chi connectivity index (χ2n) is 3.98. The van der Waals surface area contributed by atoms with Crippen molar-refractivity contribution in [3.05, 3.63) is 16.6 Å². The molecule has 1 heterocycles. The minimum Gasteiger partial charge on any atom is -0.481 e. The zero-order chi connectivity index (χ0) is 10.9. The molecule has 5 heteroatoms. The lowest BCUT2D eigenvalue weighted by Gasteiger charge is -2.32. The topological polar surface area (TPSA) is 70.4 Å². The molecule has 1 fully saturated rings. The normalized spacial score (nSPS) is 31.4. The Hall–Kier alpha value is -0.940. The van der Waals surface area contributed by atoms with Gasteiger partial charge in [0.15, 0.2) is 0 Å². The molecule has 0 aliphatic heterocycles. The molecule has 1 aromatic rings.